The molecule has 3 aliphatic heterocycles. The van der Waals surface area contributed by atoms with E-state index in [9.17, 15) is 21.6 Å². The molecule has 3 heterocycles. The third kappa shape index (κ3) is 5.89. The molecule has 1 unspecified atom stereocenters. The SMILES string of the molecule is CCN1CCCc2cc3c(cc21)Oc1cc2c(cc1=N3)CCC[N+]=2CCCS(=O)(=O)OC(c1ccccc1)C(F)(F)F. The molecule has 0 saturated heterocycles. The van der Waals surface area contributed by atoms with Gasteiger partial charge in [0.05, 0.1) is 11.8 Å². The molecule has 11 heteroatoms. The maximum Gasteiger partial charge on any atom is 0.420 e. The van der Waals surface area contributed by atoms with E-state index in [1.165, 1.54) is 35.5 Å². The number of hydrogen-bond donors (Lipinski definition) is 0. The number of nitrogens with zero attached hydrogens (tertiary/aromatic N) is 3. The number of halogens is 3. The summed E-state index contributed by atoms with van der Waals surface area (Å²) in [7, 11) is -4.44. The third-order valence-corrected chi connectivity index (χ3v) is 9.33. The molecule has 3 aromatic rings. The van der Waals surface area contributed by atoms with Crippen LogP contribution in [0.2, 0.25) is 0 Å². The Kier molecular flexibility index (Phi) is 7.74. The fraction of sp³-hybridized carbons (Fsp3) is 0.419. The van der Waals surface area contributed by atoms with E-state index in [0.29, 0.717) is 24.6 Å². The van der Waals surface area contributed by atoms with E-state index < -0.39 is 28.2 Å². The van der Waals surface area contributed by atoms with Crippen LogP contribution in [0.15, 0.2) is 59.6 Å². The molecule has 6 rings (SSSR count). The fourth-order valence-electron chi connectivity index (χ4n) is 6.05. The van der Waals surface area contributed by atoms with Crippen molar-refractivity contribution in [1.29, 1.82) is 0 Å². The summed E-state index contributed by atoms with van der Waals surface area (Å²) < 4.78 is 79.3. The van der Waals surface area contributed by atoms with Crippen LogP contribution in [-0.2, 0) is 27.1 Å². The predicted molar refractivity (Wildman–Crippen MR) is 154 cm³/mol. The normalized spacial score (nSPS) is 16.9. The molecule has 0 fully saturated rings. The van der Waals surface area contributed by atoms with E-state index in [1.54, 1.807) is 6.07 Å². The molecule has 0 bridgehead atoms. The highest BCUT2D eigenvalue weighted by atomic mass is 32.2. The van der Waals surface area contributed by atoms with Crippen molar-refractivity contribution >= 4 is 21.5 Å². The van der Waals surface area contributed by atoms with Crippen molar-refractivity contribution in [3.63, 3.8) is 0 Å². The first kappa shape index (κ1) is 28.7. The van der Waals surface area contributed by atoms with Crippen LogP contribution in [0.4, 0.5) is 24.5 Å². The van der Waals surface area contributed by atoms with E-state index in [0.717, 1.165) is 60.7 Å². The van der Waals surface area contributed by atoms with Crippen LogP contribution in [0.3, 0.4) is 0 Å². The zero-order chi connectivity index (χ0) is 29.5. The smallest absolute Gasteiger partial charge is 0.420 e. The average molecular weight is 601 g/mol. The molecule has 0 spiro atoms. The van der Waals surface area contributed by atoms with Gasteiger partial charge in [-0.05, 0) is 49.4 Å². The monoisotopic (exact) mass is 600 g/mol. The van der Waals surface area contributed by atoms with Crippen LogP contribution in [-0.4, -0.2) is 46.5 Å². The molecule has 0 radical (unpaired) electrons. The molecule has 3 aromatic carbocycles. The Morgan fingerprint density at radius 2 is 1.83 bits per heavy atom. The van der Waals surface area contributed by atoms with Crippen molar-refractivity contribution in [2.24, 2.45) is 4.99 Å². The van der Waals surface area contributed by atoms with E-state index >= 15 is 0 Å². The molecular weight excluding hydrogens is 567 g/mol. The van der Waals surface area contributed by atoms with Gasteiger partial charge in [-0.15, -0.1) is 0 Å². The van der Waals surface area contributed by atoms with E-state index in [2.05, 4.69) is 28.5 Å². The van der Waals surface area contributed by atoms with Crippen LogP contribution >= 0.6 is 0 Å². The van der Waals surface area contributed by atoms with Gasteiger partial charge in [0.2, 0.25) is 5.36 Å². The van der Waals surface area contributed by atoms with E-state index in [-0.39, 0.29) is 12.0 Å². The van der Waals surface area contributed by atoms with Crippen LogP contribution in [0.5, 0.6) is 11.5 Å². The highest BCUT2D eigenvalue weighted by molar-refractivity contribution is 7.86. The summed E-state index contributed by atoms with van der Waals surface area (Å²) in [5.74, 6) is 0.824. The summed E-state index contributed by atoms with van der Waals surface area (Å²) in [5.41, 5.74) is 4.13. The van der Waals surface area contributed by atoms with Crippen LogP contribution in [0.25, 0.3) is 0 Å². The quantitative estimate of drug-likeness (QED) is 0.211. The Balaban J connectivity index is 1.22. The Bertz CT molecular complexity index is 1730. The summed E-state index contributed by atoms with van der Waals surface area (Å²) in [4.78, 5) is 7.27. The molecule has 0 amide bonds. The van der Waals surface area contributed by atoms with Crippen molar-refractivity contribution in [2.45, 2.75) is 51.3 Å². The number of alkyl halides is 3. The van der Waals surface area contributed by atoms with Gasteiger partial charge in [0.15, 0.2) is 17.6 Å². The first-order valence-corrected chi connectivity index (χ1v) is 15.9. The topological polar surface area (TPSA) is 71.2 Å². The van der Waals surface area contributed by atoms with Crippen LogP contribution in [0, 0.1) is 0 Å². The van der Waals surface area contributed by atoms with Crippen molar-refractivity contribution in [2.75, 3.05) is 36.8 Å². The second-order valence-corrected chi connectivity index (χ2v) is 12.6. The van der Waals surface area contributed by atoms with E-state index in [4.69, 9.17) is 13.9 Å². The van der Waals surface area contributed by atoms with Crippen LogP contribution < -0.4 is 24.9 Å². The molecule has 222 valence electrons. The van der Waals surface area contributed by atoms with E-state index in [1.807, 2.05) is 12.1 Å². The minimum atomic E-state index is -4.86. The summed E-state index contributed by atoms with van der Waals surface area (Å²) in [5, 5.41) is 1.70. The Morgan fingerprint density at radius 3 is 2.60 bits per heavy atom. The summed E-state index contributed by atoms with van der Waals surface area (Å²) >= 11 is 0. The lowest BCUT2D eigenvalue weighted by atomic mass is 10.00. The Labute approximate surface area is 243 Å². The molecule has 0 N–H and O–H groups in total. The van der Waals surface area contributed by atoms with Gasteiger partial charge in [-0.2, -0.15) is 21.6 Å². The van der Waals surface area contributed by atoms with Gasteiger partial charge in [0, 0.05) is 43.2 Å². The number of aryl methyl sites for hydroxylation is 2. The number of hydrogen-bond acceptors (Lipinski definition) is 6. The largest absolute Gasteiger partial charge is 0.452 e. The maximum absolute atomic E-state index is 13.6. The predicted octanol–water partition coefficient (Wildman–Crippen LogP) is 4.99. The number of benzene rings is 3. The molecule has 0 aromatic heterocycles. The number of fused-ring (bicyclic) bond motifs is 4. The van der Waals surface area contributed by atoms with Crippen LogP contribution in [0.1, 0.15) is 49.0 Å². The highest BCUT2D eigenvalue weighted by Gasteiger charge is 2.44. The first-order valence-electron chi connectivity index (χ1n) is 14.4. The molecular formula is C31H33F3N3O4S+. The van der Waals surface area contributed by atoms with Gasteiger partial charge in [0.1, 0.15) is 24.1 Å². The third-order valence-electron chi connectivity index (χ3n) is 8.06. The van der Waals surface area contributed by atoms with Gasteiger partial charge in [-0.3, -0.25) is 4.18 Å². The average Bonchev–Trinajstić information content (AvgIpc) is 2.96. The second kappa shape index (κ2) is 11.3. The molecule has 7 nitrogen and oxygen atoms in total. The van der Waals surface area contributed by atoms with Crippen molar-refractivity contribution in [3.05, 3.63) is 82.0 Å². The lowest BCUT2D eigenvalue weighted by Gasteiger charge is -2.31. The number of rotatable bonds is 8. The number of anilines is 1. The van der Waals surface area contributed by atoms with Gasteiger partial charge >= 0.3 is 6.18 Å². The Morgan fingerprint density at radius 1 is 1.05 bits per heavy atom. The van der Waals surface area contributed by atoms with Crippen molar-refractivity contribution in [1.82, 2.24) is 4.58 Å². The lowest BCUT2D eigenvalue weighted by Crippen LogP contribution is -2.40. The summed E-state index contributed by atoms with van der Waals surface area (Å²) in [6, 6.07) is 15.0. The zero-order valence-corrected chi connectivity index (χ0v) is 24.2. The van der Waals surface area contributed by atoms with Gasteiger partial charge in [-0.25, -0.2) is 9.57 Å². The highest BCUT2D eigenvalue weighted by Crippen LogP contribution is 2.41. The molecule has 42 heavy (non-hydrogen) atoms. The van der Waals surface area contributed by atoms with Gasteiger partial charge < -0.3 is 9.64 Å². The Hall–Kier alpha value is -3.44. The molecule has 0 saturated carbocycles. The molecule has 3 aliphatic rings. The minimum absolute atomic E-state index is 0.116. The van der Waals surface area contributed by atoms with Crippen molar-refractivity contribution < 1.29 is 30.5 Å². The van der Waals surface area contributed by atoms with Gasteiger partial charge in [0.25, 0.3) is 10.1 Å². The minimum Gasteiger partial charge on any atom is -0.452 e. The maximum atomic E-state index is 13.6. The molecule has 1 atom stereocenters. The second-order valence-electron chi connectivity index (χ2n) is 10.9. The first-order chi connectivity index (χ1) is 20.1. The summed E-state index contributed by atoms with van der Waals surface area (Å²) in [6.07, 6.45) is -3.43. The zero-order valence-electron chi connectivity index (χ0n) is 23.4. The lowest BCUT2D eigenvalue weighted by molar-refractivity contribution is -0.196. The number of ether oxygens (including phenoxy) is 1. The van der Waals surface area contributed by atoms with Gasteiger partial charge in [-0.1, -0.05) is 30.3 Å². The molecule has 0 aliphatic carbocycles. The van der Waals surface area contributed by atoms with Crippen molar-refractivity contribution in [3.8, 4) is 11.5 Å². The standard InChI is InChI=1S/C31H33F3N3O4S/c1-2-36-13-6-11-22-17-24-28(19-26(22)36)40-29-20-27-23(18-25(29)35-24)12-7-14-37(27)15-8-16-42(38,39)41-30(31(32,33)34)21-9-4-3-5-10-21/h3-5,9-10,17-20,30H,2,6-8,11-16H2,1H3/q+1. The summed E-state index contributed by atoms with van der Waals surface area (Å²) in [6.45, 7) is 5.14. The fourth-order valence-corrected chi connectivity index (χ4v) is 7.15.